The van der Waals surface area contributed by atoms with Gasteiger partial charge in [-0.15, -0.1) is 11.3 Å². The second kappa shape index (κ2) is 6.35. The lowest BCUT2D eigenvalue weighted by atomic mass is 10.0. The van der Waals surface area contributed by atoms with Gasteiger partial charge >= 0.3 is 0 Å². The summed E-state index contributed by atoms with van der Waals surface area (Å²) in [6.07, 6.45) is 0. The molecule has 1 atom stereocenters. The fourth-order valence-corrected chi connectivity index (χ4v) is 4.25. The largest absolute Gasteiger partial charge is 0.314 e. The van der Waals surface area contributed by atoms with Gasteiger partial charge in [0.05, 0.1) is 16.3 Å². The van der Waals surface area contributed by atoms with Crippen LogP contribution in [-0.4, -0.2) is 36.1 Å². The van der Waals surface area contributed by atoms with Gasteiger partial charge in [-0.2, -0.15) is 0 Å². The molecular formula is C18H18FN3S. The van der Waals surface area contributed by atoms with E-state index in [0.717, 1.165) is 41.4 Å². The summed E-state index contributed by atoms with van der Waals surface area (Å²) in [4.78, 5) is 7.12. The van der Waals surface area contributed by atoms with E-state index in [4.69, 9.17) is 4.98 Å². The Hall–Kier alpha value is -1.82. The van der Waals surface area contributed by atoms with Crippen LogP contribution in [0.1, 0.15) is 16.6 Å². The van der Waals surface area contributed by atoms with Crippen molar-refractivity contribution in [2.24, 2.45) is 0 Å². The van der Waals surface area contributed by atoms with Gasteiger partial charge in [0.2, 0.25) is 0 Å². The SMILES string of the molecule is Fc1ccccc1C(c1nc2ccccc2s1)N1CCNCC1. The Labute approximate surface area is 138 Å². The molecule has 2 heterocycles. The Balaban J connectivity index is 1.82. The summed E-state index contributed by atoms with van der Waals surface area (Å²) in [6, 6.07) is 15.1. The quantitative estimate of drug-likeness (QED) is 0.799. The second-order valence-electron chi connectivity index (χ2n) is 5.73. The van der Waals surface area contributed by atoms with Crippen LogP contribution >= 0.6 is 11.3 Å². The third-order valence-electron chi connectivity index (χ3n) is 4.26. The molecule has 0 saturated carbocycles. The van der Waals surface area contributed by atoms with Gasteiger partial charge < -0.3 is 5.32 Å². The first kappa shape index (κ1) is 14.8. The van der Waals surface area contributed by atoms with Crippen LogP contribution in [0.25, 0.3) is 10.2 Å². The summed E-state index contributed by atoms with van der Waals surface area (Å²) in [5.41, 5.74) is 1.71. The first-order valence-corrected chi connectivity index (χ1v) is 8.69. The molecule has 0 bridgehead atoms. The maximum absolute atomic E-state index is 14.5. The van der Waals surface area contributed by atoms with Gasteiger partial charge in [-0.05, 0) is 18.2 Å². The fraction of sp³-hybridized carbons (Fsp3) is 0.278. The number of hydrogen-bond donors (Lipinski definition) is 1. The summed E-state index contributed by atoms with van der Waals surface area (Å²) in [5.74, 6) is -0.157. The first-order valence-electron chi connectivity index (χ1n) is 7.87. The molecule has 4 rings (SSSR count). The normalized spacial score (nSPS) is 17.4. The van der Waals surface area contributed by atoms with Crippen molar-refractivity contribution in [1.29, 1.82) is 0 Å². The summed E-state index contributed by atoms with van der Waals surface area (Å²) in [6.45, 7) is 3.65. The molecule has 118 valence electrons. The van der Waals surface area contributed by atoms with E-state index >= 15 is 0 Å². The number of halogens is 1. The topological polar surface area (TPSA) is 28.2 Å². The molecule has 1 saturated heterocycles. The summed E-state index contributed by atoms with van der Waals surface area (Å²) in [7, 11) is 0. The molecule has 0 aliphatic carbocycles. The van der Waals surface area contributed by atoms with Crippen LogP contribution in [-0.2, 0) is 0 Å². The van der Waals surface area contributed by atoms with E-state index in [1.54, 1.807) is 17.4 Å². The van der Waals surface area contributed by atoms with E-state index in [9.17, 15) is 4.39 Å². The van der Waals surface area contributed by atoms with Crippen LogP contribution in [0.15, 0.2) is 48.5 Å². The predicted octanol–water partition coefficient (Wildman–Crippen LogP) is 3.43. The van der Waals surface area contributed by atoms with Gasteiger partial charge in [-0.3, -0.25) is 4.90 Å². The molecule has 0 spiro atoms. The number of rotatable bonds is 3. The lowest BCUT2D eigenvalue weighted by Gasteiger charge is -2.34. The number of aromatic nitrogens is 1. The molecule has 0 amide bonds. The molecule has 3 nitrogen and oxygen atoms in total. The molecule has 3 aromatic rings. The van der Waals surface area contributed by atoms with Gasteiger partial charge in [0.25, 0.3) is 0 Å². The standard InChI is InChI=1S/C18H18FN3S/c19-14-6-2-1-5-13(14)17(22-11-9-20-10-12-22)18-21-15-7-3-4-8-16(15)23-18/h1-8,17,20H,9-12H2. The van der Waals surface area contributed by atoms with Crippen molar-refractivity contribution < 1.29 is 4.39 Å². The van der Waals surface area contributed by atoms with E-state index in [1.807, 2.05) is 30.3 Å². The molecule has 1 aliphatic rings. The minimum Gasteiger partial charge on any atom is -0.314 e. The number of nitrogens with zero attached hydrogens (tertiary/aromatic N) is 2. The molecule has 1 aromatic heterocycles. The maximum atomic E-state index is 14.5. The lowest BCUT2D eigenvalue weighted by Crippen LogP contribution is -2.45. The average Bonchev–Trinajstić information content (AvgIpc) is 3.01. The van der Waals surface area contributed by atoms with E-state index in [0.29, 0.717) is 5.56 Å². The fourth-order valence-electron chi connectivity index (χ4n) is 3.13. The zero-order valence-corrected chi connectivity index (χ0v) is 13.5. The summed E-state index contributed by atoms with van der Waals surface area (Å²) < 4.78 is 15.6. The number of hydrogen-bond acceptors (Lipinski definition) is 4. The molecular weight excluding hydrogens is 309 g/mol. The third kappa shape index (κ3) is 2.87. The Morgan fingerprint density at radius 1 is 1.04 bits per heavy atom. The van der Waals surface area contributed by atoms with Crippen molar-refractivity contribution in [2.45, 2.75) is 6.04 Å². The number of nitrogens with one attached hydrogen (secondary N) is 1. The third-order valence-corrected chi connectivity index (χ3v) is 5.35. The molecule has 0 radical (unpaired) electrons. The highest BCUT2D eigenvalue weighted by Gasteiger charge is 2.28. The minimum absolute atomic E-state index is 0.115. The molecule has 5 heteroatoms. The number of benzene rings is 2. The van der Waals surface area contributed by atoms with E-state index in [2.05, 4.69) is 16.3 Å². The van der Waals surface area contributed by atoms with Gasteiger partial charge in [-0.25, -0.2) is 9.37 Å². The van der Waals surface area contributed by atoms with Crippen molar-refractivity contribution in [3.05, 3.63) is 64.9 Å². The number of fused-ring (bicyclic) bond motifs is 1. The second-order valence-corrected chi connectivity index (χ2v) is 6.79. The van der Waals surface area contributed by atoms with Crippen molar-refractivity contribution in [1.82, 2.24) is 15.2 Å². The van der Waals surface area contributed by atoms with Crippen LogP contribution in [0, 0.1) is 5.82 Å². The zero-order valence-electron chi connectivity index (χ0n) is 12.7. The molecule has 2 aromatic carbocycles. The van der Waals surface area contributed by atoms with Crippen molar-refractivity contribution >= 4 is 21.6 Å². The smallest absolute Gasteiger partial charge is 0.128 e. The molecule has 1 N–H and O–H groups in total. The van der Waals surface area contributed by atoms with Crippen LogP contribution in [0.3, 0.4) is 0 Å². The Bertz CT molecular complexity index is 778. The highest BCUT2D eigenvalue weighted by Crippen LogP contribution is 2.35. The Kier molecular flexibility index (Phi) is 4.08. The summed E-state index contributed by atoms with van der Waals surface area (Å²) in [5, 5.41) is 4.33. The number of para-hydroxylation sites is 1. The maximum Gasteiger partial charge on any atom is 0.128 e. The van der Waals surface area contributed by atoms with Crippen molar-refractivity contribution in [3.63, 3.8) is 0 Å². The van der Waals surface area contributed by atoms with Crippen LogP contribution in [0.4, 0.5) is 4.39 Å². The predicted molar refractivity (Wildman–Crippen MR) is 92.3 cm³/mol. The summed E-state index contributed by atoms with van der Waals surface area (Å²) >= 11 is 1.66. The van der Waals surface area contributed by atoms with Crippen molar-refractivity contribution in [3.8, 4) is 0 Å². The van der Waals surface area contributed by atoms with Gasteiger partial charge in [0, 0.05) is 31.7 Å². The van der Waals surface area contributed by atoms with Crippen molar-refractivity contribution in [2.75, 3.05) is 26.2 Å². The highest BCUT2D eigenvalue weighted by atomic mass is 32.1. The van der Waals surface area contributed by atoms with E-state index < -0.39 is 0 Å². The van der Waals surface area contributed by atoms with Crippen LogP contribution in [0.2, 0.25) is 0 Å². The zero-order chi connectivity index (χ0) is 15.6. The Morgan fingerprint density at radius 3 is 2.57 bits per heavy atom. The minimum atomic E-state index is -0.157. The molecule has 1 aliphatic heterocycles. The van der Waals surface area contributed by atoms with Crippen LogP contribution in [0.5, 0.6) is 0 Å². The highest BCUT2D eigenvalue weighted by molar-refractivity contribution is 7.18. The van der Waals surface area contributed by atoms with Gasteiger partial charge in [0.1, 0.15) is 10.8 Å². The average molecular weight is 327 g/mol. The number of piperazine rings is 1. The molecule has 1 fully saturated rings. The number of thiazole rings is 1. The monoisotopic (exact) mass is 327 g/mol. The van der Waals surface area contributed by atoms with Crippen LogP contribution < -0.4 is 5.32 Å². The van der Waals surface area contributed by atoms with E-state index in [-0.39, 0.29) is 11.9 Å². The molecule has 1 unspecified atom stereocenters. The Morgan fingerprint density at radius 2 is 1.78 bits per heavy atom. The molecule has 23 heavy (non-hydrogen) atoms. The van der Waals surface area contributed by atoms with E-state index in [1.165, 1.54) is 6.07 Å². The van der Waals surface area contributed by atoms with Gasteiger partial charge in [0.15, 0.2) is 0 Å². The van der Waals surface area contributed by atoms with Gasteiger partial charge in [-0.1, -0.05) is 30.3 Å². The lowest BCUT2D eigenvalue weighted by molar-refractivity contribution is 0.195. The first-order chi connectivity index (χ1) is 11.3.